The normalized spacial score (nSPS) is 29.6. The number of methoxy groups -OCH3 is 1. The highest BCUT2D eigenvalue weighted by Gasteiger charge is 2.72. The number of epoxide rings is 2. The molecule has 238 valence electrons. The van der Waals surface area contributed by atoms with E-state index in [0.29, 0.717) is 38.0 Å². The Labute approximate surface area is 256 Å². The maximum absolute atomic E-state index is 12.9. The first-order chi connectivity index (χ1) is 20.3. The molecule has 2 saturated heterocycles. The predicted octanol–water partition coefficient (Wildman–Crippen LogP) is 5.20. The quantitative estimate of drug-likeness (QED) is 0.176. The molecule has 43 heavy (non-hydrogen) atoms. The van der Waals surface area contributed by atoms with Crippen molar-refractivity contribution < 1.29 is 38.1 Å². The van der Waals surface area contributed by atoms with Gasteiger partial charge in [-0.25, -0.2) is 0 Å². The van der Waals surface area contributed by atoms with Crippen LogP contribution in [0, 0.1) is 11.3 Å². The third-order valence-corrected chi connectivity index (χ3v) is 8.91. The average molecular weight is 600 g/mol. The van der Waals surface area contributed by atoms with Gasteiger partial charge >= 0.3 is 5.97 Å². The van der Waals surface area contributed by atoms with E-state index < -0.39 is 5.41 Å². The summed E-state index contributed by atoms with van der Waals surface area (Å²) < 4.78 is 29.5. The number of nitrogens with one attached hydrogen (secondary N) is 1. The van der Waals surface area contributed by atoms with Crippen LogP contribution in [0.3, 0.4) is 0 Å². The van der Waals surface area contributed by atoms with E-state index in [2.05, 4.69) is 32.2 Å². The highest BCUT2D eigenvalue weighted by molar-refractivity contribution is 5.92. The molecule has 2 heterocycles. The molecule has 1 aromatic carbocycles. The standard InChI is InChI=1S/C34H49NO8/c1-22(2)11-16-27-33(6,43-27)31-30(39-7)25(17-18-34(31)21-41-34)42-29(38)10-8-9-23-12-14-24(15-13-23)35-28(37)20-40-19-26(36)32(3,4)5/h11-15,25,27,30-31H,8-10,16-21H2,1-7H3,(H,35,37)/t25-,27-,30-,31-,33-,34+/m1/s1. The van der Waals surface area contributed by atoms with Gasteiger partial charge in [-0.15, -0.1) is 0 Å². The molecule has 1 amide bonds. The summed E-state index contributed by atoms with van der Waals surface area (Å²) in [5, 5.41) is 2.77. The van der Waals surface area contributed by atoms with Crippen molar-refractivity contribution in [2.24, 2.45) is 11.3 Å². The van der Waals surface area contributed by atoms with Crippen molar-refractivity contribution >= 4 is 23.3 Å². The Kier molecular flexibility index (Phi) is 10.5. The number of hydrogen-bond donors (Lipinski definition) is 1. The molecule has 9 nitrogen and oxygen atoms in total. The molecule has 1 N–H and O–H groups in total. The second-order valence-electron chi connectivity index (χ2n) is 13.7. The zero-order chi connectivity index (χ0) is 31.4. The molecule has 1 saturated carbocycles. The maximum atomic E-state index is 12.9. The number of ketones is 1. The van der Waals surface area contributed by atoms with Crippen LogP contribution in [0.25, 0.3) is 0 Å². The molecule has 3 fully saturated rings. The third kappa shape index (κ3) is 8.53. The van der Waals surface area contributed by atoms with E-state index in [4.69, 9.17) is 23.7 Å². The van der Waals surface area contributed by atoms with Crippen molar-refractivity contribution in [2.75, 3.05) is 32.2 Å². The molecule has 1 aliphatic carbocycles. The topological polar surface area (TPSA) is 116 Å². The first-order valence-corrected chi connectivity index (χ1v) is 15.4. The van der Waals surface area contributed by atoms with Crippen LogP contribution in [0.2, 0.25) is 0 Å². The van der Waals surface area contributed by atoms with Crippen LogP contribution < -0.4 is 5.32 Å². The van der Waals surface area contributed by atoms with Gasteiger partial charge in [0, 0.05) is 24.6 Å². The van der Waals surface area contributed by atoms with Gasteiger partial charge in [0.2, 0.25) is 5.91 Å². The molecular weight excluding hydrogens is 550 g/mol. The summed E-state index contributed by atoms with van der Waals surface area (Å²) in [5.41, 5.74) is 1.86. The van der Waals surface area contributed by atoms with Crippen molar-refractivity contribution in [3.8, 4) is 0 Å². The fourth-order valence-corrected chi connectivity index (χ4v) is 6.14. The van der Waals surface area contributed by atoms with Crippen LogP contribution in [-0.4, -0.2) is 74.1 Å². The van der Waals surface area contributed by atoms with Crippen molar-refractivity contribution in [1.82, 2.24) is 0 Å². The number of benzene rings is 1. The fourth-order valence-electron chi connectivity index (χ4n) is 6.14. The van der Waals surface area contributed by atoms with Crippen LogP contribution >= 0.6 is 0 Å². The van der Waals surface area contributed by atoms with Gasteiger partial charge in [0.25, 0.3) is 0 Å². The lowest BCUT2D eigenvalue weighted by molar-refractivity contribution is -0.172. The number of esters is 1. The van der Waals surface area contributed by atoms with Crippen LogP contribution in [0.15, 0.2) is 35.9 Å². The first-order valence-electron chi connectivity index (χ1n) is 15.4. The molecule has 2 aliphatic heterocycles. The highest BCUT2D eigenvalue weighted by Crippen LogP contribution is 2.59. The monoisotopic (exact) mass is 599 g/mol. The predicted molar refractivity (Wildman–Crippen MR) is 163 cm³/mol. The molecule has 0 aromatic heterocycles. The summed E-state index contributed by atoms with van der Waals surface area (Å²) in [6.45, 7) is 12.2. The summed E-state index contributed by atoms with van der Waals surface area (Å²) in [4.78, 5) is 37.0. The molecule has 6 atom stereocenters. The van der Waals surface area contributed by atoms with E-state index in [1.165, 1.54) is 5.57 Å². The van der Waals surface area contributed by atoms with Gasteiger partial charge in [0.05, 0.1) is 18.6 Å². The number of amides is 1. The number of anilines is 1. The van der Waals surface area contributed by atoms with E-state index in [9.17, 15) is 14.4 Å². The molecule has 0 radical (unpaired) electrons. The number of ether oxygens (including phenoxy) is 5. The van der Waals surface area contributed by atoms with Gasteiger partial charge < -0.3 is 29.0 Å². The molecule has 1 aromatic rings. The largest absolute Gasteiger partial charge is 0.460 e. The Bertz CT molecular complexity index is 1180. The molecule has 9 heteroatoms. The number of Topliss-reactive ketones (excluding diaryl/α,β-unsaturated/α-hetero) is 1. The molecule has 4 rings (SSSR count). The fraction of sp³-hybridized carbons (Fsp3) is 0.676. The number of carbonyl (C=O) groups excluding carboxylic acids is 3. The van der Waals surface area contributed by atoms with E-state index in [1.807, 2.05) is 45.0 Å². The second-order valence-corrected chi connectivity index (χ2v) is 13.7. The van der Waals surface area contributed by atoms with Crippen molar-refractivity contribution in [3.05, 3.63) is 41.5 Å². The van der Waals surface area contributed by atoms with E-state index in [0.717, 1.165) is 18.4 Å². The van der Waals surface area contributed by atoms with Crippen LogP contribution in [0.4, 0.5) is 5.69 Å². The minimum Gasteiger partial charge on any atom is -0.460 e. The summed E-state index contributed by atoms with van der Waals surface area (Å²) in [6, 6.07) is 7.49. The number of allylic oxidation sites excluding steroid dienone is 1. The number of rotatable bonds is 14. The Morgan fingerprint density at radius 1 is 1.12 bits per heavy atom. The molecule has 1 spiro atoms. The zero-order valence-electron chi connectivity index (χ0n) is 26.8. The van der Waals surface area contributed by atoms with Gasteiger partial charge in [-0.3, -0.25) is 14.4 Å². The van der Waals surface area contributed by atoms with Gasteiger partial charge in [-0.1, -0.05) is 44.6 Å². The molecule has 0 bridgehead atoms. The molecular formula is C34H49NO8. The van der Waals surface area contributed by atoms with E-state index >= 15 is 0 Å². The van der Waals surface area contributed by atoms with Gasteiger partial charge in [-0.05, 0) is 70.6 Å². The Hall–Kier alpha value is -2.59. The minimum atomic E-state index is -0.498. The Balaban J connectivity index is 1.21. The van der Waals surface area contributed by atoms with Gasteiger partial charge in [-0.2, -0.15) is 0 Å². The van der Waals surface area contributed by atoms with E-state index in [1.54, 1.807) is 7.11 Å². The van der Waals surface area contributed by atoms with Gasteiger partial charge in [0.1, 0.15) is 36.6 Å². The van der Waals surface area contributed by atoms with Crippen LogP contribution in [-0.2, 0) is 44.5 Å². The molecule has 3 aliphatic rings. The SMILES string of the molecule is CO[C@@H]1[C@H](OC(=O)CCCc2ccc(NC(=O)COCC(=O)C(C)(C)C)cc2)CC[C@]2(CO2)[C@H]1[C@]1(C)O[C@@H]1CC=C(C)C. The van der Waals surface area contributed by atoms with Crippen LogP contribution in [0.1, 0.15) is 79.2 Å². The first kappa shape index (κ1) is 33.3. The van der Waals surface area contributed by atoms with Crippen molar-refractivity contribution in [3.63, 3.8) is 0 Å². The number of carbonyl (C=O) groups is 3. The minimum absolute atomic E-state index is 0.00339. The third-order valence-electron chi connectivity index (χ3n) is 8.91. The number of hydrogen-bond acceptors (Lipinski definition) is 8. The summed E-state index contributed by atoms with van der Waals surface area (Å²) in [5.74, 6) is -0.595. The average Bonchev–Trinajstić information content (AvgIpc) is 3.85. The summed E-state index contributed by atoms with van der Waals surface area (Å²) in [7, 11) is 1.68. The lowest BCUT2D eigenvalue weighted by Gasteiger charge is -2.42. The lowest BCUT2D eigenvalue weighted by Crippen LogP contribution is -2.55. The second kappa shape index (κ2) is 13.6. The smallest absolute Gasteiger partial charge is 0.306 e. The Morgan fingerprint density at radius 3 is 2.42 bits per heavy atom. The number of aryl methyl sites for hydroxylation is 1. The van der Waals surface area contributed by atoms with E-state index in [-0.39, 0.29) is 66.3 Å². The van der Waals surface area contributed by atoms with Crippen LogP contribution in [0.5, 0.6) is 0 Å². The van der Waals surface area contributed by atoms with Crippen molar-refractivity contribution in [1.29, 1.82) is 0 Å². The van der Waals surface area contributed by atoms with Crippen molar-refractivity contribution in [2.45, 2.75) is 110 Å². The summed E-state index contributed by atoms with van der Waals surface area (Å²) in [6.07, 6.45) is 5.75. The summed E-state index contributed by atoms with van der Waals surface area (Å²) >= 11 is 0. The lowest BCUT2D eigenvalue weighted by atomic mass is 9.68. The Morgan fingerprint density at radius 2 is 1.81 bits per heavy atom. The molecule has 0 unspecified atom stereocenters. The van der Waals surface area contributed by atoms with Gasteiger partial charge in [0.15, 0.2) is 5.78 Å². The highest BCUT2D eigenvalue weighted by atomic mass is 16.6. The zero-order valence-corrected chi connectivity index (χ0v) is 26.8. The maximum Gasteiger partial charge on any atom is 0.306 e.